The van der Waals surface area contributed by atoms with E-state index in [1.54, 1.807) is 4.90 Å². The van der Waals surface area contributed by atoms with Crippen LogP contribution < -0.4 is 0 Å². The molecule has 2 saturated heterocycles. The molecule has 0 aliphatic carbocycles. The summed E-state index contributed by atoms with van der Waals surface area (Å²) >= 11 is 0. The molecule has 0 radical (unpaired) electrons. The largest absolute Gasteiger partial charge is 0.379 e. The van der Waals surface area contributed by atoms with Gasteiger partial charge in [-0.2, -0.15) is 0 Å². The van der Waals surface area contributed by atoms with Crippen molar-refractivity contribution in [3.05, 3.63) is 12.2 Å². The van der Waals surface area contributed by atoms with Crippen LogP contribution in [0.5, 0.6) is 0 Å². The number of allylic oxidation sites excluding steroid dienone is 2. The molecule has 4 unspecified atom stereocenters. The first-order valence-electron chi connectivity index (χ1n) is 13.9. The monoisotopic (exact) mass is 503 g/mol. The lowest BCUT2D eigenvalue weighted by atomic mass is 9.76. The van der Waals surface area contributed by atoms with Crippen molar-refractivity contribution < 1.29 is 28.7 Å². The number of ether oxygens (including phenoxy) is 2. The second-order valence-corrected chi connectivity index (χ2v) is 11.6. The standard InChI is InChI=1S/C29H45NO6/c1-21-13-14-22-20-35-19-11-9-7-5-6-8-10-12-23(31)15-16-24-17-18-25(32)29(4,36-24)26(33)27(34)30(22)28(21,2)3/h8,10,21-22,24H,5-7,9,11-20H2,1-4H3. The van der Waals surface area contributed by atoms with Crippen LogP contribution in [-0.4, -0.2) is 64.7 Å². The van der Waals surface area contributed by atoms with Gasteiger partial charge in [-0.3, -0.25) is 19.2 Å². The molecular weight excluding hydrogens is 458 g/mol. The van der Waals surface area contributed by atoms with Crippen LogP contribution in [0.4, 0.5) is 0 Å². The molecule has 0 saturated carbocycles. The molecule has 202 valence electrons. The van der Waals surface area contributed by atoms with Crippen molar-refractivity contribution in [2.24, 2.45) is 5.92 Å². The molecule has 7 heteroatoms. The summed E-state index contributed by atoms with van der Waals surface area (Å²) in [5.74, 6) is -1.51. The molecule has 3 rings (SSSR count). The van der Waals surface area contributed by atoms with E-state index in [4.69, 9.17) is 9.47 Å². The summed E-state index contributed by atoms with van der Waals surface area (Å²) in [4.78, 5) is 54.4. The maximum atomic E-state index is 13.8. The third kappa shape index (κ3) is 6.71. The summed E-state index contributed by atoms with van der Waals surface area (Å²) in [5, 5.41) is 0. The molecule has 4 atom stereocenters. The number of Topliss-reactive ketones (excluding diaryl/α,β-unsaturated/α-hetero) is 3. The lowest BCUT2D eigenvalue weighted by Gasteiger charge is -2.51. The predicted octanol–water partition coefficient (Wildman–Crippen LogP) is 4.74. The molecule has 0 spiro atoms. The van der Waals surface area contributed by atoms with Crippen molar-refractivity contribution in [2.75, 3.05) is 13.2 Å². The zero-order valence-electron chi connectivity index (χ0n) is 22.7. The van der Waals surface area contributed by atoms with Gasteiger partial charge in [-0.05, 0) is 71.6 Å². The van der Waals surface area contributed by atoms with Gasteiger partial charge < -0.3 is 14.4 Å². The number of hydrogen-bond donors (Lipinski definition) is 0. The van der Waals surface area contributed by atoms with Crippen LogP contribution in [0.1, 0.15) is 105 Å². The third-order valence-electron chi connectivity index (χ3n) is 8.58. The number of fused-ring (bicyclic) bond motifs is 3. The average molecular weight is 504 g/mol. The van der Waals surface area contributed by atoms with Crippen LogP contribution >= 0.6 is 0 Å². The highest BCUT2D eigenvalue weighted by Crippen LogP contribution is 2.38. The molecule has 3 aliphatic rings. The number of nitrogens with zero attached hydrogens (tertiary/aromatic N) is 1. The van der Waals surface area contributed by atoms with E-state index in [0.717, 1.165) is 44.9 Å². The molecule has 2 bridgehead atoms. The molecule has 3 heterocycles. The van der Waals surface area contributed by atoms with Gasteiger partial charge in [-0.1, -0.05) is 31.9 Å². The Kier molecular flexibility index (Phi) is 10.0. The highest BCUT2D eigenvalue weighted by molar-refractivity contribution is 6.44. The minimum atomic E-state index is -1.82. The van der Waals surface area contributed by atoms with E-state index in [0.29, 0.717) is 38.9 Å². The summed E-state index contributed by atoms with van der Waals surface area (Å²) in [7, 11) is 0. The number of ketones is 3. The summed E-state index contributed by atoms with van der Waals surface area (Å²) in [6.45, 7) is 8.52. The van der Waals surface area contributed by atoms with Crippen LogP contribution in [0.15, 0.2) is 12.2 Å². The fourth-order valence-electron chi connectivity index (χ4n) is 5.70. The molecule has 36 heavy (non-hydrogen) atoms. The quantitative estimate of drug-likeness (QED) is 0.269. The third-order valence-corrected chi connectivity index (χ3v) is 8.58. The van der Waals surface area contributed by atoms with Crippen molar-refractivity contribution in [2.45, 2.75) is 128 Å². The van der Waals surface area contributed by atoms with Gasteiger partial charge in [-0.15, -0.1) is 0 Å². The SMILES string of the molecule is CC1CCC2COCCCCCCC=CCC(=O)CCC3CCC(=O)C(C)(O3)C(=O)C(=O)N2C1(C)C. The summed E-state index contributed by atoms with van der Waals surface area (Å²) < 4.78 is 12.0. The molecule has 0 aromatic carbocycles. The number of carbonyl (C=O) groups is 4. The van der Waals surface area contributed by atoms with Crippen LogP contribution in [0.2, 0.25) is 0 Å². The van der Waals surface area contributed by atoms with Gasteiger partial charge in [0, 0.05) is 31.4 Å². The zero-order valence-corrected chi connectivity index (χ0v) is 22.7. The predicted molar refractivity (Wildman–Crippen MR) is 138 cm³/mol. The van der Waals surface area contributed by atoms with Gasteiger partial charge in [0.05, 0.1) is 18.8 Å². The van der Waals surface area contributed by atoms with Crippen LogP contribution in [0.3, 0.4) is 0 Å². The molecular formula is C29H45NO6. The van der Waals surface area contributed by atoms with E-state index in [9.17, 15) is 19.2 Å². The van der Waals surface area contributed by atoms with E-state index in [1.165, 1.54) is 6.92 Å². The Balaban J connectivity index is 1.83. The van der Waals surface area contributed by atoms with Gasteiger partial charge >= 0.3 is 0 Å². The highest BCUT2D eigenvalue weighted by atomic mass is 16.5. The van der Waals surface area contributed by atoms with E-state index < -0.39 is 28.9 Å². The molecule has 7 nitrogen and oxygen atoms in total. The smallest absolute Gasteiger partial charge is 0.294 e. The minimum absolute atomic E-state index is 0.116. The highest BCUT2D eigenvalue weighted by Gasteiger charge is 2.54. The Labute approximate surface area is 216 Å². The summed E-state index contributed by atoms with van der Waals surface area (Å²) in [5.41, 5.74) is -2.37. The van der Waals surface area contributed by atoms with Gasteiger partial charge in [-0.25, -0.2) is 0 Å². The van der Waals surface area contributed by atoms with Gasteiger partial charge in [0.15, 0.2) is 11.4 Å². The molecule has 3 aliphatic heterocycles. The normalized spacial score (nSPS) is 34.1. The topological polar surface area (TPSA) is 90.0 Å². The Morgan fingerprint density at radius 2 is 1.61 bits per heavy atom. The first-order chi connectivity index (χ1) is 17.1. The lowest BCUT2D eigenvalue weighted by Crippen LogP contribution is -2.66. The van der Waals surface area contributed by atoms with Crippen LogP contribution in [0.25, 0.3) is 0 Å². The van der Waals surface area contributed by atoms with Gasteiger partial charge in [0.1, 0.15) is 5.78 Å². The second-order valence-electron chi connectivity index (χ2n) is 11.6. The molecule has 1 amide bonds. The van der Waals surface area contributed by atoms with Crippen LogP contribution in [0, 0.1) is 5.92 Å². The number of hydrogen-bond acceptors (Lipinski definition) is 6. The number of amides is 1. The maximum Gasteiger partial charge on any atom is 0.294 e. The Bertz CT molecular complexity index is 849. The van der Waals surface area contributed by atoms with Crippen molar-refractivity contribution in [1.29, 1.82) is 0 Å². The van der Waals surface area contributed by atoms with E-state index in [1.807, 2.05) is 19.9 Å². The van der Waals surface area contributed by atoms with Crippen molar-refractivity contribution in [3.8, 4) is 0 Å². The lowest BCUT2D eigenvalue weighted by molar-refractivity contribution is -0.181. The zero-order chi connectivity index (χ0) is 26.3. The Morgan fingerprint density at radius 1 is 0.889 bits per heavy atom. The number of rotatable bonds is 0. The van der Waals surface area contributed by atoms with E-state index in [2.05, 4.69) is 13.0 Å². The molecule has 0 N–H and O–H groups in total. The first-order valence-corrected chi connectivity index (χ1v) is 13.9. The van der Waals surface area contributed by atoms with Crippen molar-refractivity contribution in [3.63, 3.8) is 0 Å². The summed E-state index contributed by atoms with van der Waals surface area (Å²) in [6.07, 6.45) is 12.3. The fourth-order valence-corrected chi connectivity index (χ4v) is 5.70. The van der Waals surface area contributed by atoms with Crippen molar-refractivity contribution >= 4 is 23.3 Å². The minimum Gasteiger partial charge on any atom is -0.379 e. The average Bonchev–Trinajstić information content (AvgIpc) is 2.84. The number of piperidine rings is 1. The van der Waals surface area contributed by atoms with Crippen molar-refractivity contribution in [1.82, 2.24) is 4.90 Å². The van der Waals surface area contributed by atoms with Gasteiger partial charge in [0.25, 0.3) is 11.7 Å². The van der Waals surface area contributed by atoms with E-state index in [-0.39, 0.29) is 29.9 Å². The first kappa shape index (κ1) is 28.7. The van der Waals surface area contributed by atoms with Crippen LogP contribution in [-0.2, 0) is 28.7 Å². The van der Waals surface area contributed by atoms with Gasteiger partial charge in [0.2, 0.25) is 0 Å². The number of carbonyl (C=O) groups excluding carboxylic acids is 4. The van der Waals surface area contributed by atoms with E-state index >= 15 is 0 Å². The second kappa shape index (κ2) is 12.6. The summed E-state index contributed by atoms with van der Waals surface area (Å²) in [6, 6.07) is -0.220. The molecule has 0 aromatic heterocycles. The maximum absolute atomic E-state index is 13.8. The fraction of sp³-hybridized carbons (Fsp3) is 0.793. The molecule has 2 fully saturated rings. The Morgan fingerprint density at radius 3 is 2.39 bits per heavy atom. The molecule has 0 aromatic rings. The Hall–Kier alpha value is -1.86.